The molecule has 0 bridgehead atoms. The van der Waals surface area contributed by atoms with Crippen molar-refractivity contribution in [3.63, 3.8) is 0 Å². The minimum absolute atomic E-state index is 0.180. The lowest BCUT2D eigenvalue weighted by molar-refractivity contribution is -0.133. The Balaban J connectivity index is 2.02. The zero-order chi connectivity index (χ0) is 19.1. The van der Waals surface area contributed by atoms with E-state index < -0.39 is 11.8 Å². The number of carbonyl (C=O) groups is 3. The molecule has 0 aliphatic rings. The highest BCUT2D eigenvalue weighted by Crippen LogP contribution is 2.26. The van der Waals surface area contributed by atoms with Crippen LogP contribution in [-0.2, 0) is 14.4 Å². The van der Waals surface area contributed by atoms with E-state index in [9.17, 15) is 14.4 Å². The molecule has 0 saturated carbocycles. The number of anilines is 3. The Morgan fingerprint density at radius 2 is 1.38 bits per heavy atom. The van der Waals surface area contributed by atoms with Gasteiger partial charge in [0.05, 0.1) is 0 Å². The van der Waals surface area contributed by atoms with E-state index in [1.54, 1.807) is 30.3 Å². The lowest BCUT2D eigenvalue weighted by Gasteiger charge is -2.15. The number of para-hydroxylation sites is 1. The Hall–Kier alpha value is -3.15. The number of carbonyl (C=O) groups excluding carboxylic acids is 3. The standard InChI is InChI=1S/C20H23N3O3/c1-4-13(2)17-7-5-6-8-18(17)23-20(26)19(25)22-16-11-9-15(10-12-16)21-14(3)24/h5-13H,4H2,1-3H3,(H,21,24)(H,22,25)(H,23,26). The van der Waals surface area contributed by atoms with Crippen molar-refractivity contribution in [1.29, 1.82) is 0 Å². The minimum atomic E-state index is -0.753. The van der Waals surface area contributed by atoms with Crippen LogP contribution < -0.4 is 16.0 Å². The molecular weight excluding hydrogens is 330 g/mol. The number of rotatable bonds is 5. The predicted octanol–water partition coefficient (Wildman–Crippen LogP) is 3.74. The van der Waals surface area contributed by atoms with Crippen LogP contribution in [0, 0.1) is 0 Å². The molecule has 26 heavy (non-hydrogen) atoms. The Labute approximate surface area is 153 Å². The Morgan fingerprint density at radius 3 is 1.96 bits per heavy atom. The van der Waals surface area contributed by atoms with Gasteiger partial charge >= 0.3 is 11.8 Å². The molecule has 136 valence electrons. The van der Waals surface area contributed by atoms with Gasteiger partial charge in [-0.25, -0.2) is 0 Å². The van der Waals surface area contributed by atoms with Gasteiger partial charge in [0, 0.05) is 24.0 Å². The van der Waals surface area contributed by atoms with Gasteiger partial charge in [-0.05, 0) is 48.2 Å². The van der Waals surface area contributed by atoms with E-state index in [-0.39, 0.29) is 11.8 Å². The summed E-state index contributed by atoms with van der Waals surface area (Å²) in [5.74, 6) is -1.39. The van der Waals surface area contributed by atoms with Gasteiger partial charge in [-0.3, -0.25) is 14.4 Å². The molecule has 2 rings (SSSR count). The summed E-state index contributed by atoms with van der Waals surface area (Å²) in [5, 5.41) is 7.85. The van der Waals surface area contributed by atoms with Gasteiger partial charge in [-0.1, -0.05) is 32.0 Å². The van der Waals surface area contributed by atoms with E-state index in [2.05, 4.69) is 29.8 Å². The third-order valence-electron chi connectivity index (χ3n) is 4.02. The first-order valence-corrected chi connectivity index (χ1v) is 8.49. The monoisotopic (exact) mass is 353 g/mol. The molecule has 0 aliphatic carbocycles. The lowest BCUT2D eigenvalue weighted by Crippen LogP contribution is -2.29. The summed E-state index contributed by atoms with van der Waals surface area (Å²) in [6, 6.07) is 14.0. The van der Waals surface area contributed by atoms with Gasteiger partial charge in [0.1, 0.15) is 0 Å². The minimum Gasteiger partial charge on any atom is -0.326 e. The highest BCUT2D eigenvalue weighted by molar-refractivity contribution is 6.43. The summed E-state index contributed by atoms with van der Waals surface area (Å²) >= 11 is 0. The van der Waals surface area contributed by atoms with Crippen molar-refractivity contribution in [3.8, 4) is 0 Å². The third kappa shape index (κ3) is 5.17. The van der Waals surface area contributed by atoms with E-state index in [0.29, 0.717) is 17.1 Å². The van der Waals surface area contributed by atoms with Crippen LogP contribution in [0.15, 0.2) is 48.5 Å². The van der Waals surface area contributed by atoms with Crippen LogP contribution in [0.3, 0.4) is 0 Å². The van der Waals surface area contributed by atoms with Gasteiger partial charge in [0.15, 0.2) is 0 Å². The van der Waals surface area contributed by atoms with Gasteiger partial charge in [-0.15, -0.1) is 0 Å². The average Bonchev–Trinajstić information content (AvgIpc) is 2.62. The molecule has 6 heteroatoms. The summed E-state index contributed by atoms with van der Waals surface area (Å²) in [6.07, 6.45) is 0.930. The van der Waals surface area contributed by atoms with Crippen molar-refractivity contribution in [2.24, 2.45) is 0 Å². The maximum absolute atomic E-state index is 12.2. The molecule has 3 amide bonds. The largest absolute Gasteiger partial charge is 0.326 e. The molecule has 0 radical (unpaired) electrons. The maximum atomic E-state index is 12.2. The van der Waals surface area contributed by atoms with E-state index in [1.165, 1.54) is 6.92 Å². The molecule has 0 spiro atoms. The normalized spacial score (nSPS) is 11.3. The van der Waals surface area contributed by atoms with Crippen LogP contribution in [0.2, 0.25) is 0 Å². The summed E-state index contributed by atoms with van der Waals surface area (Å²) < 4.78 is 0. The molecule has 0 aliphatic heterocycles. The molecular formula is C20H23N3O3. The SMILES string of the molecule is CCC(C)c1ccccc1NC(=O)C(=O)Nc1ccc(NC(C)=O)cc1. The fourth-order valence-corrected chi connectivity index (χ4v) is 2.47. The highest BCUT2D eigenvalue weighted by atomic mass is 16.2. The topological polar surface area (TPSA) is 87.3 Å². The smallest absolute Gasteiger partial charge is 0.314 e. The van der Waals surface area contributed by atoms with Crippen molar-refractivity contribution in [2.75, 3.05) is 16.0 Å². The van der Waals surface area contributed by atoms with Crippen LogP contribution in [0.25, 0.3) is 0 Å². The molecule has 2 aromatic carbocycles. The first-order valence-electron chi connectivity index (χ1n) is 8.49. The summed E-state index contributed by atoms with van der Waals surface area (Å²) in [5.41, 5.74) is 2.72. The molecule has 1 atom stereocenters. The van der Waals surface area contributed by atoms with E-state index in [0.717, 1.165) is 12.0 Å². The van der Waals surface area contributed by atoms with Crippen molar-refractivity contribution in [1.82, 2.24) is 0 Å². The van der Waals surface area contributed by atoms with Gasteiger partial charge in [-0.2, -0.15) is 0 Å². The van der Waals surface area contributed by atoms with E-state index in [1.807, 2.05) is 18.2 Å². The Bertz CT molecular complexity index is 800. The number of hydrogen-bond acceptors (Lipinski definition) is 3. The van der Waals surface area contributed by atoms with E-state index in [4.69, 9.17) is 0 Å². The first-order chi connectivity index (χ1) is 12.4. The summed E-state index contributed by atoms with van der Waals surface area (Å²) in [6.45, 7) is 5.56. The first kappa shape index (κ1) is 19.2. The van der Waals surface area contributed by atoms with Crippen molar-refractivity contribution >= 4 is 34.8 Å². The number of hydrogen-bond donors (Lipinski definition) is 3. The van der Waals surface area contributed by atoms with Gasteiger partial charge < -0.3 is 16.0 Å². The second kappa shape index (κ2) is 8.80. The summed E-state index contributed by atoms with van der Waals surface area (Å²) in [7, 11) is 0. The quantitative estimate of drug-likeness (QED) is 0.716. The van der Waals surface area contributed by atoms with Crippen LogP contribution >= 0.6 is 0 Å². The molecule has 0 aromatic heterocycles. The van der Waals surface area contributed by atoms with Gasteiger partial charge in [0.2, 0.25) is 5.91 Å². The fourth-order valence-electron chi connectivity index (χ4n) is 2.47. The average molecular weight is 353 g/mol. The third-order valence-corrected chi connectivity index (χ3v) is 4.02. The van der Waals surface area contributed by atoms with Crippen molar-refractivity contribution < 1.29 is 14.4 Å². The molecule has 0 fully saturated rings. The molecule has 6 nitrogen and oxygen atoms in total. The van der Waals surface area contributed by atoms with Gasteiger partial charge in [0.25, 0.3) is 0 Å². The zero-order valence-electron chi connectivity index (χ0n) is 15.1. The fraction of sp³-hybridized carbons (Fsp3) is 0.250. The maximum Gasteiger partial charge on any atom is 0.314 e. The zero-order valence-corrected chi connectivity index (χ0v) is 15.1. The molecule has 1 unspecified atom stereocenters. The molecule has 0 saturated heterocycles. The number of amides is 3. The van der Waals surface area contributed by atoms with Crippen molar-refractivity contribution in [3.05, 3.63) is 54.1 Å². The van der Waals surface area contributed by atoms with Crippen LogP contribution in [0.4, 0.5) is 17.1 Å². The Morgan fingerprint density at radius 1 is 0.846 bits per heavy atom. The van der Waals surface area contributed by atoms with Crippen molar-refractivity contribution in [2.45, 2.75) is 33.1 Å². The highest BCUT2D eigenvalue weighted by Gasteiger charge is 2.17. The molecule has 0 heterocycles. The van der Waals surface area contributed by atoms with Crippen LogP contribution in [0.1, 0.15) is 38.7 Å². The second-order valence-electron chi connectivity index (χ2n) is 6.06. The number of nitrogens with one attached hydrogen (secondary N) is 3. The van der Waals surface area contributed by atoms with Crippen LogP contribution in [-0.4, -0.2) is 17.7 Å². The lowest BCUT2D eigenvalue weighted by atomic mass is 9.97. The summed E-state index contributed by atoms with van der Waals surface area (Å²) in [4.78, 5) is 35.4. The predicted molar refractivity (Wildman–Crippen MR) is 103 cm³/mol. The number of benzene rings is 2. The Kier molecular flexibility index (Phi) is 6.49. The molecule has 3 N–H and O–H groups in total. The van der Waals surface area contributed by atoms with Crippen LogP contribution in [0.5, 0.6) is 0 Å². The van der Waals surface area contributed by atoms with E-state index >= 15 is 0 Å². The molecule has 2 aromatic rings. The second-order valence-corrected chi connectivity index (χ2v) is 6.06.